The van der Waals surface area contributed by atoms with Crippen molar-refractivity contribution >= 4 is 28.2 Å². The van der Waals surface area contributed by atoms with Crippen molar-refractivity contribution < 1.29 is 23.6 Å². The summed E-state index contributed by atoms with van der Waals surface area (Å²) < 4.78 is 18.7. The van der Waals surface area contributed by atoms with E-state index in [0.717, 1.165) is 46.6 Å². The summed E-state index contributed by atoms with van der Waals surface area (Å²) >= 11 is 1.45. The first-order valence-electron chi connectivity index (χ1n) is 9.27. The van der Waals surface area contributed by atoms with Crippen LogP contribution in [0.2, 0.25) is 0 Å². The highest BCUT2D eigenvalue weighted by molar-refractivity contribution is 7.17. The number of ether oxygens (including phenoxy) is 1. The van der Waals surface area contributed by atoms with Crippen molar-refractivity contribution in [2.24, 2.45) is 5.73 Å². The summed E-state index contributed by atoms with van der Waals surface area (Å²) in [4.78, 5) is 26.4. The maximum absolute atomic E-state index is 13.8. The third kappa shape index (κ3) is 4.51. The standard InChI is InChI=1S/C20H24FN3O3S/c1-24(10-12-7-8-15(27-2)14(21)9-12)11-17(25)23-20-18(19(22)26)13-5-3-4-6-16(13)28-20/h7-9H,3-6,10-11H2,1-2H3,(H2,22,26)(H,23,25)/p+1. The number of anilines is 1. The van der Waals surface area contributed by atoms with Gasteiger partial charge in [0, 0.05) is 10.4 Å². The van der Waals surface area contributed by atoms with E-state index < -0.39 is 11.7 Å². The molecule has 2 aromatic rings. The van der Waals surface area contributed by atoms with Crippen LogP contribution < -0.4 is 20.7 Å². The number of carbonyl (C=O) groups is 2. The number of likely N-dealkylation sites (N-methyl/N-ethyl adjacent to an activating group) is 1. The van der Waals surface area contributed by atoms with E-state index in [2.05, 4.69) is 5.32 Å². The van der Waals surface area contributed by atoms with Crippen LogP contribution in [-0.4, -0.2) is 32.5 Å². The molecule has 1 aliphatic rings. The SMILES string of the molecule is COc1ccc(C[NH+](C)CC(=O)Nc2sc3c(c2C(N)=O)CCCC3)cc1F. The molecule has 150 valence electrons. The number of benzene rings is 1. The number of quaternary nitrogens is 1. The Morgan fingerprint density at radius 1 is 1.32 bits per heavy atom. The zero-order valence-electron chi connectivity index (χ0n) is 16.1. The molecule has 1 aromatic heterocycles. The number of fused-ring (bicyclic) bond motifs is 1. The first kappa shape index (κ1) is 20.3. The predicted octanol–water partition coefficient (Wildman–Crippen LogP) is 1.53. The van der Waals surface area contributed by atoms with E-state index in [1.54, 1.807) is 12.1 Å². The van der Waals surface area contributed by atoms with Crippen LogP contribution in [0.25, 0.3) is 0 Å². The van der Waals surface area contributed by atoms with E-state index in [-0.39, 0.29) is 18.2 Å². The highest BCUT2D eigenvalue weighted by Gasteiger charge is 2.25. The molecule has 4 N–H and O–H groups in total. The third-order valence-electron chi connectivity index (χ3n) is 4.86. The molecule has 1 heterocycles. The molecule has 6 nitrogen and oxygen atoms in total. The summed E-state index contributed by atoms with van der Waals surface area (Å²) in [6, 6.07) is 4.77. The summed E-state index contributed by atoms with van der Waals surface area (Å²) in [5, 5.41) is 3.41. The fraction of sp³-hybridized carbons (Fsp3) is 0.400. The molecule has 3 rings (SSSR count). The Kier molecular flexibility index (Phi) is 6.31. The van der Waals surface area contributed by atoms with Gasteiger partial charge in [-0.15, -0.1) is 11.3 Å². The Balaban J connectivity index is 1.65. The van der Waals surface area contributed by atoms with Gasteiger partial charge in [0.25, 0.3) is 11.8 Å². The van der Waals surface area contributed by atoms with Gasteiger partial charge in [-0.1, -0.05) is 0 Å². The maximum Gasteiger partial charge on any atom is 0.280 e. The summed E-state index contributed by atoms with van der Waals surface area (Å²) in [6.45, 7) is 0.673. The molecule has 0 aliphatic heterocycles. The molecule has 0 saturated carbocycles. The van der Waals surface area contributed by atoms with E-state index in [0.29, 0.717) is 17.1 Å². The number of halogens is 1. The molecule has 0 radical (unpaired) electrons. The molecule has 28 heavy (non-hydrogen) atoms. The Hall–Kier alpha value is -2.45. The average molecular weight is 407 g/mol. The number of hydrogen-bond donors (Lipinski definition) is 3. The molecule has 2 amide bonds. The molecule has 0 bridgehead atoms. The topological polar surface area (TPSA) is 85.9 Å². The van der Waals surface area contributed by atoms with Crippen LogP contribution in [0.3, 0.4) is 0 Å². The van der Waals surface area contributed by atoms with Crippen molar-refractivity contribution in [3.05, 3.63) is 45.6 Å². The number of amides is 2. The van der Waals surface area contributed by atoms with Crippen molar-refractivity contribution in [2.45, 2.75) is 32.2 Å². The van der Waals surface area contributed by atoms with Gasteiger partial charge in [0.2, 0.25) is 0 Å². The Labute approximate surface area is 167 Å². The number of rotatable bonds is 7. The van der Waals surface area contributed by atoms with Gasteiger partial charge in [0.15, 0.2) is 18.1 Å². The van der Waals surface area contributed by atoms with Gasteiger partial charge in [-0.25, -0.2) is 4.39 Å². The molecule has 1 atom stereocenters. The minimum Gasteiger partial charge on any atom is -0.494 e. The van der Waals surface area contributed by atoms with Crippen LogP contribution in [0, 0.1) is 5.82 Å². The molecule has 8 heteroatoms. The lowest BCUT2D eigenvalue weighted by molar-refractivity contribution is -0.885. The van der Waals surface area contributed by atoms with Crippen LogP contribution in [0.1, 0.15) is 39.2 Å². The van der Waals surface area contributed by atoms with E-state index >= 15 is 0 Å². The number of aryl methyl sites for hydroxylation is 1. The number of hydrogen-bond acceptors (Lipinski definition) is 4. The van der Waals surface area contributed by atoms with E-state index in [1.807, 2.05) is 7.05 Å². The van der Waals surface area contributed by atoms with E-state index in [4.69, 9.17) is 10.5 Å². The average Bonchev–Trinajstić information content (AvgIpc) is 2.99. The molecule has 0 spiro atoms. The zero-order chi connectivity index (χ0) is 20.3. The minimum atomic E-state index is -0.496. The maximum atomic E-state index is 13.8. The van der Waals surface area contributed by atoms with Crippen LogP contribution in [-0.2, 0) is 24.2 Å². The van der Waals surface area contributed by atoms with Crippen molar-refractivity contribution in [3.63, 3.8) is 0 Å². The highest BCUT2D eigenvalue weighted by atomic mass is 32.1. The quantitative estimate of drug-likeness (QED) is 0.652. The summed E-state index contributed by atoms with van der Waals surface area (Å²) in [5.74, 6) is -0.927. The van der Waals surface area contributed by atoms with E-state index in [9.17, 15) is 14.0 Å². The van der Waals surface area contributed by atoms with E-state index in [1.165, 1.54) is 24.5 Å². The number of nitrogens with two attached hydrogens (primary N) is 1. The second kappa shape index (κ2) is 8.70. The Bertz CT molecular complexity index is 897. The number of carbonyl (C=O) groups excluding carboxylic acids is 2. The van der Waals surface area contributed by atoms with Crippen molar-refractivity contribution in [3.8, 4) is 5.75 Å². The number of nitrogens with one attached hydrogen (secondary N) is 2. The Morgan fingerprint density at radius 2 is 2.07 bits per heavy atom. The van der Waals surface area contributed by atoms with Gasteiger partial charge in [0.1, 0.15) is 11.5 Å². The monoisotopic (exact) mass is 406 g/mol. The third-order valence-corrected chi connectivity index (χ3v) is 6.06. The van der Waals surface area contributed by atoms with Crippen molar-refractivity contribution in [1.29, 1.82) is 0 Å². The Morgan fingerprint density at radius 3 is 2.75 bits per heavy atom. The summed E-state index contributed by atoms with van der Waals surface area (Å²) in [7, 11) is 3.28. The molecular formula is C20H25FN3O3S+. The molecule has 0 fully saturated rings. The van der Waals surface area contributed by atoms with Gasteiger partial charge >= 0.3 is 0 Å². The van der Waals surface area contributed by atoms with Gasteiger partial charge in [-0.3, -0.25) is 9.59 Å². The van der Waals surface area contributed by atoms with Gasteiger partial charge < -0.3 is 20.7 Å². The highest BCUT2D eigenvalue weighted by Crippen LogP contribution is 2.37. The summed E-state index contributed by atoms with van der Waals surface area (Å²) in [6.07, 6.45) is 3.87. The lowest BCUT2D eigenvalue weighted by Gasteiger charge is -2.14. The van der Waals surface area contributed by atoms with Crippen LogP contribution >= 0.6 is 11.3 Å². The zero-order valence-corrected chi connectivity index (χ0v) is 16.9. The summed E-state index contributed by atoms with van der Waals surface area (Å²) in [5.41, 5.74) is 7.79. The van der Waals surface area contributed by atoms with Crippen LogP contribution in [0.15, 0.2) is 18.2 Å². The first-order chi connectivity index (χ1) is 13.4. The van der Waals surface area contributed by atoms with Crippen molar-refractivity contribution in [1.82, 2.24) is 0 Å². The molecule has 1 aliphatic carbocycles. The van der Waals surface area contributed by atoms with Crippen molar-refractivity contribution in [2.75, 3.05) is 26.0 Å². The lowest BCUT2D eigenvalue weighted by Crippen LogP contribution is -3.08. The van der Waals surface area contributed by atoms with Crippen LogP contribution in [0.5, 0.6) is 5.75 Å². The molecule has 0 saturated heterocycles. The molecule has 1 aromatic carbocycles. The molecular weight excluding hydrogens is 381 g/mol. The fourth-order valence-corrected chi connectivity index (χ4v) is 4.90. The number of methoxy groups -OCH3 is 1. The second-order valence-electron chi connectivity index (χ2n) is 7.11. The minimum absolute atomic E-state index is 0.189. The second-order valence-corrected chi connectivity index (χ2v) is 8.21. The number of primary amides is 1. The first-order valence-corrected chi connectivity index (χ1v) is 10.1. The van der Waals surface area contributed by atoms with Gasteiger partial charge in [-0.2, -0.15) is 0 Å². The lowest BCUT2D eigenvalue weighted by atomic mass is 9.95. The van der Waals surface area contributed by atoms with Gasteiger partial charge in [0.05, 0.1) is 19.7 Å². The largest absolute Gasteiger partial charge is 0.494 e. The predicted molar refractivity (Wildman–Crippen MR) is 107 cm³/mol. The molecule has 1 unspecified atom stereocenters. The normalized spacial score (nSPS) is 14.2. The smallest absolute Gasteiger partial charge is 0.280 e. The van der Waals surface area contributed by atoms with Crippen LogP contribution in [0.4, 0.5) is 9.39 Å². The fourth-order valence-electron chi connectivity index (χ4n) is 3.59. The number of thiophene rings is 1. The van der Waals surface area contributed by atoms with Gasteiger partial charge in [-0.05, 0) is 49.4 Å².